The van der Waals surface area contributed by atoms with Gasteiger partial charge in [0.1, 0.15) is 5.76 Å². The average molecular weight is 431 g/mol. The van der Waals surface area contributed by atoms with Crippen LogP contribution in [0.3, 0.4) is 0 Å². The summed E-state index contributed by atoms with van der Waals surface area (Å²) in [6, 6.07) is 6.75. The number of anilines is 1. The number of carbonyl (C=O) groups excluding carboxylic acids is 1. The lowest BCUT2D eigenvalue weighted by molar-refractivity contribution is -0.118. The highest BCUT2D eigenvalue weighted by atomic mass is 35.5. The molecule has 1 aliphatic rings. The van der Waals surface area contributed by atoms with E-state index in [4.69, 9.17) is 27.6 Å². The highest BCUT2D eigenvalue weighted by Crippen LogP contribution is 2.33. The van der Waals surface area contributed by atoms with Gasteiger partial charge < -0.3 is 9.73 Å². The first-order valence-corrected chi connectivity index (χ1v) is 11.0. The maximum atomic E-state index is 12.6. The van der Waals surface area contributed by atoms with Gasteiger partial charge in [-0.05, 0) is 37.1 Å². The van der Waals surface area contributed by atoms with Gasteiger partial charge in [0.15, 0.2) is 9.84 Å². The number of nitrogens with zero attached hydrogens (tertiary/aromatic N) is 1. The first kappa shape index (κ1) is 20.2. The van der Waals surface area contributed by atoms with Crippen molar-refractivity contribution in [3.8, 4) is 0 Å². The van der Waals surface area contributed by atoms with E-state index in [0.717, 1.165) is 5.56 Å². The van der Waals surface area contributed by atoms with E-state index in [1.54, 1.807) is 30.5 Å². The van der Waals surface area contributed by atoms with Gasteiger partial charge in [-0.15, -0.1) is 0 Å². The van der Waals surface area contributed by atoms with Crippen LogP contribution >= 0.6 is 23.2 Å². The molecule has 0 aliphatic carbocycles. The summed E-state index contributed by atoms with van der Waals surface area (Å²) in [6.45, 7) is 2.16. The summed E-state index contributed by atoms with van der Waals surface area (Å²) in [5.41, 5.74) is 1.16. The molecule has 1 aromatic heterocycles. The third-order valence-corrected chi connectivity index (χ3v) is 7.11. The summed E-state index contributed by atoms with van der Waals surface area (Å²) in [5, 5.41) is 3.48. The molecule has 0 bridgehead atoms. The number of rotatable bonds is 6. The van der Waals surface area contributed by atoms with Crippen molar-refractivity contribution >= 4 is 44.6 Å². The lowest BCUT2D eigenvalue weighted by atomic mass is 10.2. The van der Waals surface area contributed by atoms with Gasteiger partial charge in [-0.1, -0.05) is 29.3 Å². The lowest BCUT2D eigenvalue weighted by Crippen LogP contribution is -2.41. The van der Waals surface area contributed by atoms with Gasteiger partial charge in [0, 0.05) is 6.04 Å². The SMILES string of the molecule is Cc1ccc(Cl)c(NC(=O)CN(Cc2ccco2)[C@@H]2CCS(=O)(=O)C2)c1Cl. The number of sulfone groups is 1. The minimum Gasteiger partial charge on any atom is -0.468 e. The van der Waals surface area contributed by atoms with E-state index in [-0.39, 0.29) is 30.0 Å². The molecule has 6 nitrogen and oxygen atoms in total. The van der Waals surface area contributed by atoms with E-state index >= 15 is 0 Å². The summed E-state index contributed by atoms with van der Waals surface area (Å²) in [5.74, 6) is 0.509. The lowest BCUT2D eigenvalue weighted by Gasteiger charge is -2.26. The van der Waals surface area contributed by atoms with Crippen molar-refractivity contribution in [1.29, 1.82) is 0 Å². The maximum Gasteiger partial charge on any atom is 0.238 e. The Morgan fingerprint density at radius 1 is 1.33 bits per heavy atom. The van der Waals surface area contributed by atoms with Crippen molar-refractivity contribution in [2.45, 2.75) is 25.9 Å². The normalized spacial score (nSPS) is 18.7. The highest BCUT2D eigenvalue weighted by Gasteiger charge is 2.33. The predicted molar refractivity (Wildman–Crippen MR) is 106 cm³/mol. The Hall–Kier alpha value is -1.54. The van der Waals surface area contributed by atoms with E-state index in [1.165, 1.54) is 0 Å². The molecule has 27 heavy (non-hydrogen) atoms. The van der Waals surface area contributed by atoms with E-state index < -0.39 is 9.84 Å². The minimum absolute atomic E-state index is 0.00147. The monoisotopic (exact) mass is 430 g/mol. The molecule has 0 radical (unpaired) electrons. The molecule has 9 heteroatoms. The summed E-state index contributed by atoms with van der Waals surface area (Å²) in [7, 11) is -3.08. The van der Waals surface area contributed by atoms with Gasteiger partial charge in [0.2, 0.25) is 5.91 Å². The maximum absolute atomic E-state index is 12.6. The number of benzene rings is 1. The topological polar surface area (TPSA) is 79.6 Å². The molecular formula is C18H20Cl2N2O4S. The molecule has 1 saturated heterocycles. The number of carbonyl (C=O) groups is 1. The van der Waals surface area contributed by atoms with Crippen LogP contribution in [-0.4, -0.2) is 43.3 Å². The first-order valence-electron chi connectivity index (χ1n) is 8.46. The summed E-state index contributed by atoms with van der Waals surface area (Å²) >= 11 is 12.4. The van der Waals surface area contributed by atoms with E-state index in [1.807, 2.05) is 11.8 Å². The van der Waals surface area contributed by atoms with Gasteiger partial charge in [0.05, 0.1) is 46.6 Å². The van der Waals surface area contributed by atoms with Crippen LogP contribution in [0.15, 0.2) is 34.9 Å². The largest absolute Gasteiger partial charge is 0.468 e. The second-order valence-corrected chi connectivity index (χ2v) is 9.66. The van der Waals surface area contributed by atoms with Crippen molar-refractivity contribution in [2.24, 2.45) is 0 Å². The van der Waals surface area contributed by atoms with Crippen LogP contribution in [0.2, 0.25) is 10.0 Å². The van der Waals surface area contributed by atoms with Gasteiger partial charge in [-0.25, -0.2) is 8.42 Å². The quantitative estimate of drug-likeness (QED) is 0.757. The van der Waals surface area contributed by atoms with Crippen LogP contribution in [0, 0.1) is 6.92 Å². The first-order chi connectivity index (χ1) is 12.7. The van der Waals surface area contributed by atoms with E-state index in [9.17, 15) is 13.2 Å². The van der Waals surface area contributed by atoms with Crippen LogP contribution < -0.4 is 5.32 Å². The van der Waals surface area contributed by atoms with Crippen LogP contribution in [0.4, 0.5) is 5.69 Å². The Balaban J connectivity index is 1.75. The number of aryl methyl sites for hydroxylation is 1. The van der Waals surface area contributed by atoms with Crippen molar-refractivity contribution in [2.75, 3.05) is 23.4 Å². The minimum atomic E-state index is -3.08. The standard InChI is InChI=1S/C18H20Cl2N2O4S/c1-12-4-5-15(19)18(17(12)20)21-16(23)10-22(9-14-3-2-7-26-14)13-6-8-27(24,25)11-13/h2-5,7,13H,6,8-11H2,1H3,(H,21,23)/t13-/m1/s1. The Kier molecular flexibility index (Phi) is 6.15. The summed E-state index contributed by atoms with van der Waals surface area (Å²) < 4.78 is 29.1. The van der Waals surface area contributed by atoms with Crippen molar-refractivity contribution in [3.63, 3.8) is 0 Å². The third kappa shape index (κ3) is 5.04. The zero-order valence-electron chi connectivity index (χ0n) is 14.7. The van der Waals surface area contributed by atoms with Crippen LogP contribution in [0.1, 0.15) is 17.7 Å². The molecule has 1 aliphatic heterocycles. The van der Waals surface area contributed by atoms with Gasteiger partial charge in [-0.2, -0.15) is 0 Å². The van der Waals surface area contributed by atoms with E-state index in [0.29, 0.717) is 34.5 Å². The molecule has 1 atom stereocenters. The molecule has 0 spiro atoms. The Labute approximate surface area is 168 Å². The number of halogens is 2. The van der Waals surface area contributed by atoms with Crippen LogP contribution in [-0.2, 0) is 21.2 Å². The summed E-state index contributed by atoms with van der Waals surface area (Å²) in [6.07, 6.45) is 2.04. The van der Waals surface area contributed by atoms with Crippen LogP contribution in [0.5, 0.6) is 0 Å². The number of nitrogens with one attached hydrogen (secondary N) is 1. The molecule has 2 aromatic rings. The number of furan rings is 1. The molecule has 0 saturated carbocycles. The number of hydrogen-bond donors (Lipinski definition) is 1. The fourth-order valence-electron chi connectivity index (χ4n) is 3.11. The Morgan fingerprint density at radius 2 is 2.11 bits per heavy atom. The Bertz CT molecular complexity index is 929. The smallest absolute Gasteiger partial charge is 0.238 e. The molecule has 2 heterocycles. The third-order valence-electron chi connectivity index (χ3n) is 4.56. The molecule has 0 unspecified atom stereocenters. The summed E-state index contributed by atoms with van der Waals surface area (Å²) in [4.78, 5) is 14.5. The predicted octanol–water partition coefficient (Wildman–Crippen LogP) is 3.52. The molecule has 1 N–H and O–H groups in total. The second kappa shape index (κ2) is 8.22. The van der Waals surface area contributed by atoms with Gasteiger partial charge in [-0.3, -0.25) is 9.69 Å². The van der Waals surface area contributed by atoms with Gasteiger partial charge >= 0.3 is 0 Å². The fourth-order valence-corrected chi connectivity index (χ4v) is 5.34. The average Bonchev–Trinajstić information content (AvgIpc) is 3.24. The molecule has 1 aromatic carbocycles. The van der Waals surface area contributed by atoms with Gasteiger partial charge in [0.25, 0.3) is 0 Å². The molecular weight excluding hydrogens is 411 g/mol. The molecule has 1 fully saturated rings. The zero-order valence-corrected chi connectivity index (χ0v) is 17.1. The highest BCUT2D eigenvalue weighted by molar-refractivity contribution is 7.91. The second-order valence-electron chi connectivity index (χ2n) is 6.64. The molecule has 146 valence electrons. The van der Waals surface area contributed by atoms with Crippen molar-refractivity contribution in [1.82, 2.24) is 4.90 Å². The van der Waals surface area contributed by atoms with Crippen molar-refractivity contribution in [3.05, 3.63) is 51.9 Å². The molecule has 3 rings (SSSR count). The molecule has 1 amide bonds. The number of amides is 1. The van der Waals surface area contributed by atoms with E-state index in [2.05, 4.69) is 5.32 Å². The fraction of sp³-hybridized carbons (Fsp3) is 0.389. The number of hydrogen-bond acceptors (Lipinski definition) is 5. The van der Waals surface area contributed by atoms with Crippen LogP contribution in [0.25, 0.3) is 0 Å². The Morgan fingerprint density at radius 3 is 2.74 bits per heavy atom. The zero-order chi connectivity index (χ0) is 19.6. The van der Waals surface area contributed by atoms with Crippen molar-refractivity contribution < 1.29 is 17.6 Å².